The Kier molecular flexibility index (Phi) is 3.40. The Balaban J connectivity index is 2.61. The molecule has 0 N–H and O–H groups in total. The van der Waals surface area contributed by atoms with Crippen molar-refractivity contribution in [1.82, 2.24) is 4.98 Å². The van der Waals surface area contributed by atoms with Crippen LogP contribution >= 0.6 is 0 Å². The van der Waals surface area contributed by atoms with E-state index in [0.29, 0.717) is 5.69 Å². The minimum atomic E-state index is -4.20. The third-order valence-electron chi connectivity index (χ3n) is 1.95. The van der Waals surface area contributed by atoms with E-state index >= 15 is 0 Å². The van der Waals surface area contributed by atoms with Gasteiger partial charge in [-0.25, -0.2) is 8.78 Å². The molecule has 1 aromatic heterocycles. The van der Waals surface area contributed by atoms with Gasteiger partial charge in [0.05, 0.1) is 6.20 Å². The Labute approximate surface area is 90.3 Å². The highest BCUT2D eigenvalue weighted by molar-refractivity contribution is 5.19. The van der Waals surface area contributed by atoms with Crippen molar-refractivity contribution in [1.29, 1.82) is 0 Å². The fourth-order valence-electron chi connectivity index (χ4n) is 0.840. The molecular formula is C10H11F4NO. The topological polar surface area (TPSA) is 22.1 Å². The highest BCUT2D eigenvalue weighted by Crippen LogP contribution is 2.33. The Bertz CT molecular complexity index is 345. The van der Waals surface area contributed by atoms with Crippen LogP contribution in [0.4, 0.5) is 17.6 Å². The highest BCUT2D eigenvalue weighted by atomic mass is 19.3. The molecule has 0 spiro atoms. The van der Waals surface area contributed by atoms with E-state index < -0.39 is 18.5 Å². The first kappa shape index (κ1) is 12.7. The normalized spacial score (nSPS) is 12.6. The third kappa shape index (κ3) is 3.08. The molecule has 16 heavy (non-hydrogen) atoms. The van der Waals surface area contributed by atoms with Gasteiger partial charge in [0.25, 0.3) is 0 Å². The average Bonchev–Trinajstić information content (AvgIpc) is 2.15. The minimum Gasteiger partial charge on any atom is -0.485 e. The molecule has 2 nitrogen and oxygen atoms in total. The Morgan fingerprint density at radius 2 is 1.88 bits per heavy atom. The number of ether oxygens (including phenoxy) is 1. The minimum absolute atomic E-state index is 0.0366. The van der Waals surface area contributed by atoms with E-state index in [1.54, 1.807) is 6.92 Å². The maximum atomic E-state index is 12.8. The Morgan fingerprint density at radius 1 is 1.25 bits per heavy atom. The van der Waals surface area contributed by atoms with Gasteiger partial charge in [-0.2, -0.15) is 8.78 Å². The molecule has 0 aliphatic carbocycles. The molecule has 0 saturated carbocycles. The first-order chi connectivity index (χ1) is 7.22. The zero-order valence-corrected chi connectivity index (χ0v) is 8.81. The van der Waals surface area contributed by atoms with Gasteiger partial charge >= 0.3 is 11.8 Å². The van der Waals surface area contributed by atoms with E-state index in [9.17, 15) is 17.6 Å². The van der Waals surface area contributed by atoms with Crippen LogP contribution in [-0.4, -0.2) is 23.4 Å². The van der Waals surface area contributed by atoms with Crippen molar-refractivity contribution in [2.75, 3.05) is 6.61 Å². The second-order valence-corrected chi connectivity index (χ2v) is 3.52. The number of nitrogens with zero attached hydrogens (tertiary/aromatic N) is 1. The molecular weight excluding hydrogens is 226 g/mol. The van der Waals surface area contributed by atoms with Crippen molar-refractivity contribution in [3.63, 3.8) is 0 Å². The first-order valence-electron chi connectivity index (χ1n) is 4.53. The van der Waals surface area contributed by atoms with Crippen molar-refractivity contribution in [2.45, 2.75) is 25.7 Å². The molecule has 1 aromatic rings. The highest BCUT2D eigenvalue weighted by Gasteiger charge is 2.52. The first-order valence-corrected chi connectivity index (χ1v) is 4.53. The van der Waals surface area contributed by atoms with Gasteiger partial charge in [0.15, 0.2) is 6.61 Å². The largest absolute Gasteiger partial charge is 0.485 e. The maximum Gasteiger partial charge on any atom is 0.342 e. The molecule has 1 heterocycles. The van der Waals surface area contributed by atoms with Crippen LogP contribution < -0.4 is 4.74 Å². The van der Waals surface area contributed by atoms with Crippen LogP contribution in [0.3, 0.4) is 0 Å². The van der Waals surface area contributed by atoms with E-state index in [4.69, 9.17) is 0 Å². The monoisotopic (exact) mass is 237 g/mol. The SMILES string of the molecule is Cc1ccc(OCC(F)(F)C(C)(F)F)cn1. The zero-order valence-electron chi connectivity index (χ0n) is 8.81. The average molecular weight is 237 g/mol. The molecule has 90 valence electrons. The van der Waals surface area contributed by atoms with Gasteiger partial charge in [-0.3, -0.25) is 4.98 Å². The van der Waals surface area contributed by atoms with Gasteiger partial charge in [0, 0.05) is 12.6 Å². The van der Waals surface area contributed by atoms with Gasteiger partial charge in [-0.1, -0.05) is 0 Å². The summed E-state index contributed by atoms with van der Waals surface area (Å²) >= 11 is 0. The second-order valence-electron chi connectivity index (χ2n) is 3.52. The van der Waals surface area contributed by atoms with E-state index in [0.717, 1.165) is 0 Å². The van der Waals surface area contributed by atoms with Crippen molar-refractivity contribution in [2.24, 2.45) is 0 Å². The van der Waals surface area contributed by atoms with E-state index in [1.165, 1.54) is 18.3 Å². The van der Waals surface area contributed by atoms with E-state index in [-0.39, 0.29) is 12.7 Å². The number of alkyl halides is 4. The van der Waals surface area contributed by atoms with E-state index in [2.05, 4.69) is 9.72 Å². The lowest BCUT2D eigenvalue weighted by Gasteiger charge is -2.22. The number of aromatic nitrogens is 1. The standard InChI is InChI=1S/C10H11F4NO/c1-7-3-4-8(5-15-7)16-6-10(13,14)9(2,11)12/h3-5H,6H2,1-2H3. The fraction of sp³-hybridized carbons (Fsp3) is 0.500. The zero-order chi connectivity index (χ0) is 12.4. The number of rotatable bonds is 4. The molecule has 0 bridgehead atoms. The number of hydrogen-bond acceptors (Lipinski definition) is 2. The van der Waals surface area contributed by atoms with Crippen LogP contribution in [-0.2, 0) is 0 Å². The molecule has 0 atom stereocenters. The van der Waals surface area contributed by atoms with Crippen LogP contribution in [0.1, 0.15) is 12.6 Å². The quantitative estimate of drug-likeness (QED) is 0.751. The number of hydrogen-bond donors (Lipinski definition) is 0. The lowest BCUT2D eigenvalue weighted by molar-refractivity contribution is -0.211. The number of pyridine rings is 1. The molecule has 0 saturated heterocycles. The lowest BCUT2D eigenvalue weighted by Crippen LogP contribution is -2.42. The summed E-state index contributed by atoms with van der Waals surface area (Å²) in [6.07, 6.45) is 1.21. The van der Waals surface area contributed by atoms with Crippen LogP contribution in [0.15, 0.2) is 18.3 Å². The van der Waals surface area contributed by atoms with Gasteiger partial charge in [-0.15, -0.1) is 0 Å². The molecule has 0 aliphatic rings. The summed E-state index contributed by atoms with van der Waals surface area (Å²) in [7, 11) is 0. The maximum absolute atomic E-state index is 12.8. The smallest absolute Gasteiger partial charge is 0.342 e. The van der Waals surface area contributed by atoms with Gasteiger partial charge in [-0.05, 0) is 19.1 Å². The summed E-state index contributed by atoms with van der Waals surface area (Å²) < 4.78 is 55.0. The van der Waals surface area contributed by atoms with Crippen LogP contribution in [0.2, 0.25) is 0 Å². The third-order valence-corrected chi connectivity index (χ3v) is 1.95. The molecule has 0 aliphatic heterocycles. The van der Waals surface area contributed by atoms with Crippen molar-refractivity contribution >= 4 is 0 Å². The molecule has 0 aromatic carbocycles. The predicted octanol–water partition coefficient (Wildman–Crippen LogP) is 3.06. The summed E-state index contributed by atoms with van der Waals surface area (Å²) in [5.74, 6) is -8.27. The summed E-state index contributed by atoms with van der Waals surface area (Å²) in [6, 6.07) is 2.93. The van der Waals surface area contributed by atoms with Crippen LogP contribution in [0.25, 0.3) is 0 Å². The van der Waals surface area contributed by atoms with Crippen molar-refractivity contribution < 1.29 is 22.3 Å². The number of aryl methyl sites for hydroxylation is 1. The molecule has 1 rings (SSSR count). The van der Waals surface area contributed by atoms with Gasteiger partial charge < -0.3 is 4.74 Å². The molecule has 0 radical (unpaired) electrons. The summed E-state index contributed by atoms with van der Waals surface area (Å²) in [5.41, 5.74) is 0.680. The summed E-state index contributed by atoms with van der Waals surface area (Å²) in [4.78, 5) is 3.78. The van der Waals surface area contributed by atoms with E-state index in [1.807, 2.05) is 0 Å². The molecule has 6 heteroatoms. The predicted molar refractivity (Wildman–Crippen MR) is 50.0 cm³/mol. The molecule has 0 amide bonds. The Hall–Kier alpha value is -1.33. The molecule has 0 fully saturated rings. The van der Waals surface area contributed by atoms with Crippen LogP contribution in [0.5, 0.6) is 5.75 Å². The van der Waals surface area contributed by atoms with Crippen molar-refractivity contribution in [3.8, 4) is 5.75 Å². The molecule has 0 unspecified atom stereocenters. The summed E-state index contributed by atoms with van der Waals surface area (Å²) in [6.45, 7) is 0.490. The Morgan fingerprint density at radius 3 is 2.31 bits per heavy atom. The van der Waals surface area contributed by atoms with Crippen molar-refractivity contribution in [3.05, 3.63) is 24.0 Å². The fourth-order valence-corrected chi connectivity index (χ4v) is 0.840. The summed E-state index contributed by atoms with van der Waals surface area (Å²) in [5, 5.41) is 0. The second kappa shape index (κ2) is 4.27. The van der Waals surface area contributed by atoms with Crippen LogP contribution in [0, 0.1) is 6.92 Å². The van der Waals surface area contributed by atoms with Gasteiger partial charge in [0.2, 0.25) is 0 Å². The lowest BCUT2D eigenvalue weighted by atomic mass is 10.2. The number of halogens is 4. The van der Waals surface area contributed by atoms with Gasteiger partial charge in [0.1, 0.15) is 5.75 Å².